The molecule has 1 N–H and O–H groups in total. The van der Waals surface area contributed by atoms with Crippen LogP contribution in [0.3, 0.4) is 0 Å². The summed E-state index contributed by atoms with van der Waals surface area (Å²) < 4.78 is 6.83. The summed E-state index contributed by atoms with van der Waals surface area (Å²) >= 11 is 0. The Balaban J connectivity index is 1.65. The SMILES string of the molecule is Cn1cc(C(=O)Nc2ccc(N3CCOCC3)cc2)nn1. The Morgan fingerprint density at radius 3 is 2.57 bits per heavy atom. The van der Waals surface area contributed by atoms with E-state index in [1.807, 2.05) is 24.3 Å². The lowest BCUT2D eigenvalue weighted by molar-refractivity contribution is 0.102. The molecule has 1 aliphatic rings. The first-order chi connectivity index (χ1) is 10.2. The molecule has 1 aliphatic heterocycles. The van der Waals surface area contributed by atoms with Gasteiger partial charge in [0.15, 0.2) is 5.69 Å². The maximum absolute atomic E-state index is 12.0. The van der Waals surface area contributed by atoms with Gasteiger partial charge in [0.25, 0.3) is 5.91 Å². The van der Waals surface area contributed by atoms with Gasteiger partial charge in [-0.25, -0.2) is 0 Å². The first kappa shape index (κ1) is 13.6. The number of carbonyl (C=O) groups is 1. The van der Waals surface area contributed by atoms with Gasteiger partial charge in [0, 0.05) is 31.5 Å². The second-order valence-corrected chi connectivity index (χ2v) is 4.88. The average molecular weight is 287 g/mol. The van der Waals surface area contributed by atoms with Gasteiger partial charge in [-0.15, -0.1) is 5.10 Å². The van der Waals surface area contributed by atoms with E-state index in [4.69, 9.17) is 4.74 Å². The van der Waals surface area contributed by atoms with Crippen molar-refractivity contribution in [3.8, 4) is 0 Å². The number of aryl methyl sites for hydroxylation is 1. The van der Waals surface area contributed by atoms with Gasteiger partial charge in [0.1, 0.15) is 0 Å². The molecule has 0 unspecified atom stereocenters. The molecule has 0 bridgehead atoms. The van der Waals surface area contributed by atoms with E-state index >= 15 is 0 Å². The van der Waals surface area contributed by atoms with E-state index in [1.54, 1.807) is 13.2 Å². The molecule has 0 atom stereocenters. The number of anilines is 2. The van der Waals surface area contributed by atoms with Crippen molar-refractivity contribution < 1.29 is 9.53 Å². The molecule has 0 aliphatic carbocycles. The lowest BCUT2D eigenvalue weighted by Gasteiger charge is -2.28. The summed E-state index contributed by atoms with van der Waals surface area (Å²) in [5, 5.41) is 10.3. The first-order valence-corrected chi connectivity index (χ1v) is 6.83. The van der Waals surface area contributed by atoms with Crippen LogP contribution >= 0.6 is 0 Å². The zero-order chi connectivity index (χ0) is 14.7. The molecule has 0 spiro atoms. The fourth-order valence-electron chi connectivity index (χ4n) is 2.22. The van der Waals surface area contributed by atoms with Gasteiger partial charge in [0.2, 0.25) is 0 Å². The number of nitrogens with one attached hydrogen (secondary N) is 1. The Bertz CT molecular complexity index is 617. The smallest absolute Gasteiger partial charge is 0.277 e. The highest BCUT2D eigenvalue weighted by Gasteiger charge is 2.12. The third-order valence-electron chi connectivity index (χ3n) is 3.34. The molecular weight excluding hydrogens is 270 g/mol. The molecule has 1 aromatic heterocycles. The summed E-state index contributed by atoms with van der Waals surface area (Å²) in [6, 6.07) is 7.77. The molecule has 2 aromatic rings. The van der Waals surface area contributed by atoms with Crippen molar-refractivity contribution in [1.29, 1.82) is 0 Å². The van der Waals surface area contributed by atoms with Gasteiger partial charge in [0.05, 0.1) is 19.4 Å². The third kappa shape index (κ3) is 3.19. The molecule has 7 nitrogen and oxygen atoms in total. The van der Waals surface area contributed by atoms with Crippen LogP contribution in [0.15, 0.2) is 30.5 Å². The molecule has 2 heterocycles. The molecule has 0 radical (unpaired) electrons. The Labute approximate surface area is 122 Å². The van der Waals surface area contributed by atoms with Gasteiger partial charge in [-0.1, -0.05) is 5.21 Å². The van der Waals surface area contributed by atoms with Gasteiger partial charge < -0.3 is 15.0 Å². The van der Waals surface area contributed by atoms with Crippen molar-refractivity contribution in [2.24, 2.45) is 7.05 Å². The van der Waals surface area contributed by atoms with Crippen LogP contribution in [-0.2, 0) is 11.8 Å². The summed E-state index contributed by atoms with van der Waals surface area (Å²) in [7, 11) is 1.72. The van der Waals surface area contributed by atoms with Crippen LogP contribution in [0, 0.1) is 0 Å². The van der Waals surface area contributed by atoms with Gasteiger partial charge in [-0.3, -0.25) is 9.48 Å². The van der Waals surface area contributed by atoms with Gasteiger partial charge >= 0.3 is 0 Å². The van der Waals surface area contributed by atoms with Crippen LogP contribution in [-0.4, -0.2) is 47.2 Å². The topological polar surface area (TPSA) is 72.3 Å². The first-order valence-electron chi connectivity index (χ1n) is 6.83. The predicted molar refractivity (Wildman–Crippen MR) is 78.4 cm³/mol. The molecule has 0 saturated carbocycles. The normalized spacial score (nSPS) is 15.0. The summed E-state index contributed by atoms with van der Waals surface area (Å²) in [6.45, 7) is 3.30. The number of morpholine rings is 1. The van der Waals surface area contributed by atoms with E-state index in [-0.39, 0.29) is 5.91 Å². The minimum atomic E-state index is -0.262. The van der Waals surface area contributed by atoms with Crippen molar-refractivity contribution in [1.82, 2.24) is 15.0 Å². The van der Waals surface area contributed by atoms with Crippen molar-refractivity contribution in [3.63, 3.8) is 0 Å². The molecular formula is C14H17N5O2. The minimum absolute atomic E-state index is 0.262. The quantitative estimate of drug-likeness (QED) is 0.908. The molecule has 3 rings (SSSR count). The van der Waals surface area contributed by atoms with E-state index < -0.39 is 0 Å². The van der Waals surface area contributed by atoms with Crippen LogP contribution in [0.2, 0.25) is 0 Å². The highest BCUT2D eigenvalue weighted by atomic mass is 16.5. The van der Waals surface area contributed by atoms with E-state index in [2.05, 4.69) is 20.5 Å². The zero-order valence-electron chi connectivity index (χ0n) is 11.8. The van der Waals surface area contributed by atoms with Crippen LogP contribution in [0.5, 0.6) is 0 Å². The molecule has 1 amide bonds. The maximum atomic E-state index is 12.0. The summed E-state index contributed by atoms with van der Waals surface area (Å²) in [5.41, 5.74) is 2.17. The third-order valence-corrected chi connectivity index (χ3v) is 3.34. The van der Waals surface area contributed by atoms with Crippen molar-refractivity contribution in [2.45, 2.75) is 0 Å². The van der Waals surface area contributed by atoms with Crippen LogP contribution in [0.1, 0.15) is 10.5 Å². The average Bonchev–Trinajstić information content (AvgIpc) is 2.96. The number of ether oxygens (including phenoxy) is 1. The predicted octanol–water partition coefficient (Wildman–Crippen LogP) is 0.904. The Morgan fingerprint density at radius 1 is 1.24 bits per heavy atom. The largest absolute Gasteiger partial charge is 0.378 e. The minimum Gasteiger partial charge on any atom is -0.378 e. The molecule has 21 heavy (non-hydrogen) atoms. The fourth-order valence-corrected chi connectivity index (χ4v) is 2.22. The Kier molecular flexibility index (Phi) is 3.83. The monoisotopic (exact) mass is 287 g/mol. The second kappa shape index (κ2) is 5.92. The number of carbonyl (C=O) groups excluding carboxylic acids is 1. The summed E-state index contributed by atoms with van der Waals surface area (Å²) in [5.74, 6) is -0.262. The Hall–Kier alpha value is -2.41. The van der Waals surface area contributed by atoms with Crippen LogP contribution in [0.25, 0.3) is 0 Å². The van der Waals surface area contributed by atoms with E-state index in [1.165, 1.54) is 4.68 Å². The number of aromatic nitrogens is 3. The summed E-state index contributed by atoms with van der Waals surface area (Å²) in [4.78, 5) is 14.2. The number of nitrogens with zero attached hydrogens (tertiary/aromatic N) is 4. The molecule has 1 fully saturated rings. The second-order valence-electron chi connectivity index (χ2n) is 4.88. The number of hydrogen-bond donors (Lipinski definition) is 1. The van der Waals surface area contributed by atoms with Gasteiger partial charge in [-0.2, -0.15) is 0 Å². The Morgan fingerprint density at radius 2 is 1.95 bits per heavy atom. The van der Waals surface area contributed by atoms with E-state index in [0.29, 0.717) is 5.69 Å². The molecule has 110 valence electrons. The molecule has 1 aromatic carbocycles. The fraction of sp³-hybridized carbons (Fsp3) is 0.357. The van der Waals surface area contributed by atoms with E-state index in [0.717, 1.165) is 37.7 Å². The van der Waals surface area contributed by atoms with Gasteiger partial charge in [-0.05, 0) is 24.3 Å². The standard InChI is InChI=1S/C14H17N5O2/c1-18-10-13(16-17-18)14(20)15-11-2-4-12(5-3-11)19-6-8-21-9-7-19/h2-5,10H,6-9H2,1H3,(H,15,20). The number of benzene rings is 1. The van der Waals surface area contributed by atoms with Crippen LogP contribution in [0.4, 0.5) is 11.4 Å². The highest BCUT2D eigenvalue weighted by Crippen LogP contribution is 2.19. The van der Waals surface area contributed by atoms with Crippen molar-refractivity contribution in [2.75, 3.05) is 36.5 Å². The number of hydrogen-bond acceptors (Lipinski definition) is 5. The number of amides is 1. The molecule has 1 saturated heterocycles. The lowest BCUT2D eigenvalue weighted by atomic mass is 10.2. The summed E-state index contributed by atoms with van der Waals surface area (Å²) in [6.07, 6.45) is 1.58. The van der Waals surface area contributed by atoms with Crippen molar-refractivity contribution >= 4 is 17.3 Å². The zero-order valence-corrected chi connectivity index (χ0v) is 11.8. The lowest BCUT2D eigenvalue weighted by Crippen LogP contribution is -2.36. The number of rotatable bonds is 3. The van der Waals surface area contributed by atoms with Crippen LogP contribution < -0.4 is 10.2 Å². The van der Waals surface area contributed by atoms with Crippen molar-refractivity contribution in [3.05, 3.63) is 36.2 Å². The molecule has 7 heteroatoms. The maximum Gasteiger partial charge on any atom is 0.277 e. The van der Waals surface area contributed by atoms with E-state index in [9.17, 15) is 4.79 Å². The highest BCUT2D eigenvalue weighted by molar-refractivity contribution is 6.02.